The van der Waals surface area contributed by atoms with Gasteiger partial charge in [-0.25, -0.2) is 4.79 Å². The molecule has 0 saturated carbocycles. The van der Waals surface area contributed by atoms with E-state index in [0.717, 1.165) is 10.5 Å². The van der Waals surface area contributed by atoms with E-state index in [1.807, 2.05) is 32.9 Å². The second-order valence-electron chi connectivity index (χ2n) is 8.49. The Balaban J connectivity index is 3.31. The summed E-state index contributed by atoms with van der Waals surface area (Å²) >= 11 is 4.18. The van der Waals surface area contributed by atoms with Gasteiger partial charge in [0.15, 0.2) is 0 Å². The van der Waals surface area contributed by atoms with Crippen LogP contribution in [0.25, 0.3) is 0 Å². The molecule has 0 aliphatic heterocycles. The third-order valence-electron chi connectivity index (χ3n) is 4.04. The van der Waals surface area contributed by atoms with Crippen LogP contribution in [0.3, 0.4) is 0 Å². The van der Waals surface area contributed by atoms with Gasteiger partial charge < -0.3 is 20.3 Å². The van der Waals surface area contributed by atoms with Crippen LogP contribution in [0.1, 0.15) is 51.8 Å². The van der Waals surface area contributed by atoms with Crippen molar-refractivity contribution in [2.75, 3.05) is 12.3 Å². The maximum atomic E-state index is 13.3. The van der Waals surface area contributed by atoms with Crippen molar-refractivity contribution in [3.63, 3.8) is 0 Å². The molecule has 1 aromatic rings. The fraction of sp³-hybridized carbons (Fsp3) is 0.545. The molecule has 2 atom stereocenters. The number of nitrogens with zero attached hydrogens (tertiary/aromatic N) is 2. The molecule has 0 saturated heterocycles. The predicted octanol–water partition coefficient (Wildman–Crippen LogP) is 2.74. The largest absolute Gasteiger partial charge is 0.444 e. The maximum Gasteiger partial charge on any atom is 0.408 e. The molecule has 8 nitrogen and oxygen atoms in total. The van der Waals surface area contributed by atoms with Crippen molar-refractivity contribution < 1.29 is 19.1 Å². The molecule has 2 unspecified atom stereocenters. The number of benzene rings is 1. The van der Waals surface area contributed by atoms with Crippen LogP contribution in [0, 0.1) is 18.3 Å². The van der Waals surface area contributed by atoms with E-state index in [0.29, 0.717) is 5.56 Å². The van der Waals surface area contributed by atoms with Crippen LogP contribution >= 0.6 is 12.6 Å². The molecule has 0 heterocycles. The van der Waals surface area contributed by atoms with Gasteiger partial charge in [0.2, 0.25) is 11.8 Å². The topological polar surface area (TPSA) is 112 Å². The first-order chi connectivity index (χ1) is 14.4. The SMILES string of the molecule is Cc1cccc(C(C(=O)NC(C)C)N(CC#N)C(=O)C(CS)NC(=O)OC(C)(C)C)c1. The van der Waals surface area contributed by atoms with Crippen molar-refractivity contribution in [1.29, 1.82) is 5.26 Å². The predicted molar refractivity (Wildman–Crippen MR) is 122 cm³/mol. The highest BCUT2D eigenvalue weighted by molar-refractivity contribution is 7.80. The molecule has 0 fully saturated rings. The molecule has 1 aromatic carbocycles. The second kappa shape index (κ2) is 11.6. The van der Waals surface area contributed by atoms with E-state index in [1.165, 1.54) is 0 Å². The number of ether oxygens (including phenoxy) is 1. The molecule has 9 heteroatoms. The Morgan fingerprint density at radius 2 is 1.87 bits per heavy atom. The monoisotopic (exact) mass is 448 g/mol. The lowest BCUT2D eigenvalue weighted by molar-refractivity contribution is -0.141. The van der Waals surface area contributed by atoms with Gasteiger partial charge in [0.1, 0.15) is 24.2 Å². The first-order valence-corrected chi connectivity index (χ1v) is 10.7. The van der Waals surface area contributed by atoms with Gasteiger partial charge in [-0.15, -0.1) is 0 Å². The third kappa shape index (κ3) is 8.50. The highest BCUT2D eigenvalue weighted by Gasteiger charge is 2.36. The van der Waals surface area contributed by atoms with E-state index in [4.69, 9.17) is 4.74 Å². The third-order valence-corrected chi connectivity index (χ3v) is 4.41. The molecule has 0 radical (unpaired) electrons. The van der Waals surface area contributed by atoms with Crippen LogP contribution in [-0.4, -0.2) is 52.8 Å². The van der Waals surface area contributed by atoms with E-state index in [9.17, 15) is 19.6 Å². The zero-order chi connectivity index (χ0) is 23.8. The minimum absolute atomic E-state index is 0.0354. The number of thiol groups is 1. The van der Waals surface area contributed by atoms with Crippen LogP contribution in [0.5, 0.6) is 0 Å². The normalized spacial score (nSPS) is 13.0. The Kier molecular flexibility index (Phi) is 9.85. The van der Waals surface area contributed by atoms with Gasteiger partial charge in [-0.05, 0) is 47.1 Å². The summed E-state index contributed by atoms with van der Waals surface area (Å²) in [6.07, 6.45) is -0.782. The molecule has 1 rings (SSSR count). The van der Waals surface area contributed by atoms with Gasteiger partial charge in [0.05, 0.1) is 6.07 Å². The molecule has 0 aliphatic rings. The molecule has 3 amide bonds. The van der Waals surface area contributed by atoms with E-state index >= 15 is 0 Å². The fourth-order valence-electron chi connectivity index (χ4n) is 2.88. The first-order valence-electron chi connectivity index (χ1n) is 10.0. The average molecular weight is 449 g/mol. The minimum atomic E-state index is -1.08. The fourth-order valence-corrected chi connectivity index (χ4v) is 3.13. The van der Waals surface area contributed by atoms with Crippen LogP contribution in [0.15, 0.2) is 24.3 Å². The summed E-state index contributed by atoms with van der Waals surface area (Å²) in [6.45, 7) is 10.3. The van der Waals surface area contributed by atoms with Gasteiger partial charge in [0, 0.05) is 11.8 Å². The van der Waals surface area contributed by atoms with Gasteiger partial charge in [0.25, 0.3) is 0 Å². The number of amides is 3. The van der Waals surface area contributed by atoms with E-state index < -0.39 is 35.6 Å². The number of hydrogen-bond acceptors (Lipinski definition) is 6. The van der Waals surface area contributed by atoms with E-state index in [1.54, 1.807) is 39.0 Å². The zero-order valence-electron chi connectivity index (χ0n) is 18.9. The highest BCUT2D eigenvalue weighted by atomic mass is 32.1. The van der Waals surface area contributed by atoms with E-state index in [2.05, 4.69) is 23.3 Å². The first kappa shape index (κ1) is 26.3. The van der Waals surface area contributed by atoms with Crippen molar-refractivity contribution in [1.82, 2.24) is 15.5 Å². The quantitative estimate of drug-likeness (QED) is 0.418. The van der Waals surface area contributed by atoms with Crippen LogP contribution in [-0.2, 0) is 14.3 Å². The molecule has 0 bridgehead atoms. The number of rotatable bonds is 8. The average Bonchev–Trinajstić information content (AvgIpc) is 2.63. The lowest BCUT2D eigenvalue weighted by Gasteiger charge is -2.33. The number of aryl methyl sites for hydroxylation is 1. The Morgan fingerprint density at radius 1 is 1.23 bits per heavy atom. The van der Waals surface area contributed by atoms with Gasteiger partial charge >= 0.3 is 6.09 Å². The molecule has 2 N–H and O–H groups in total. The Morgan fingerprint density at radius 3 is 2.35 bits per heavy atom. The highest BCUT2D eigenvalue weighted by Crippen LogP contribution is 2.24. The molecule has 31 heavy (non-hydrogen) atoms. The summed E-state index contributed by atoms with van der Waals surface area (Å²) in [5, 5.41) is 14.7. The smallest absolute Gasteiger partial charge is 0.408 e. The van der Waals surface area contributed by atoms with E-state index in [-0.39, 0.29) is 18.3 Å². The number of hydrogen-bond donors (Lipinski definition) is 3. The molecule has 0 aromatic heterocycles. The molecule has 0 spiro atoms. The summed E-state index contributed by atoms with van der Waals surface area (Å²) in [6, 6.07) is 6.83. The zero-order valence-corrected chi connectivity index (χ0v) is 19.8. The van der Waals surface area contributed by atoms with Crippen LogP contribution in [0.2, 0.25) is 0 Å². The maximum absolute atomic E-state index is 13.3. The van der Waals surface area contributed by atoms with Gasteiger partial charge in [-0.3, -0.25) is 9.59 Å². The molecule has 0 aliphatic carbocycles. The summed E-state index contributed by atoms with van der Waals surface area (Å²) in [7, 11) is 0. The number of nitrogens with one attached hydrogen (secondary N) is 2. The Hall–Kier alpha value is -2.73. The molecular weight excluding hydrogens is 416 g/mol. The van der Waals surface area contributed by atoms with Crippen LogP contribution < -0.4 is 10.6 Å². The van der Waals surface area contributed by atoms with Crippen molar-refractivity contribution >= 4 is 30.5 Å². The lowest BCUT2D eigenvalue weighted by Crippen LogP contribution is -2.54. The summed E-state index contributed by atoms with van der Waals surface area (Å²) < 4.78 is 5.22. The van der Waals surface area contributed by atoms with Crippen molar-refractivity contribution in [2.45, 2.75) is 65.3 Å². The number of carbonyl (C=O) groups excluding carboxylic acids is 3. The standard InChI is InChI=1S/C22H32N4O4S/c1-14(2)24-19(27)18(16-9-7-8-15(3)12-16)26(11-10-23)20(28)17(13-31)25-21(29)30-22(4,5)6/h7-9,12,14,17-18,31H,11,13H2,1-6H3,(H,24,27)(H,25,29). The Labute approximate surface area is 189 Å². The number of carbonyl (C=O) groups is 3. The van der Waals surface area contributed by atoms with Gasteiger partial charge in [-0.2, -0.15) is 17.9 Å². The van der Waals surface area contributed by atoms with Crippen molar-refractivity contribution in [3.05, 3.63) is 35.4 Å². The Bertz CT molecular complexity index is 830. The number of alkyl carbamates (subject to hydrolysis) is 1. The molecular formula is C22H32N4O4S. The van der Waals surface area contributed by atoms with Crippen LogP contribution in [0.4, 0.5) is 4.79 Å². The lowest BCUT2D eigenvalue weighted by atomic mass is 10.0. The second-order valence-corrected chi connectivity index (χ2v) is 8.85. The summed E-state index contributed by atoms with van der Waals surface area (Å²) in [4.78, 5) is 39.7. The molecule has 170 valence electrons. The number of nitriles is 1. The van der Waals surface area contributed by atoms with Gasteiger partial charge in [-0.1, -0.05) is 29.8 Å². The summed E-state index contributed by atoms with van der Waals surface area (Å²) in [5.74, 6) is -1.06. The van der Waals surface area contributed by atoms with Crippen molar-refractivity contribution in [2.24, 2.45) is 0 Å². The summed E-state index contributed by atoms with van der Waals surface area (Å²) in [5.41, 5.74) is 0.723. The minimum Gasteiger partial charge on any atom is -0.444 e. The van der Waals surface area contributed by atoms with Crippen molar-refractivity contribution in [3.8, 4) is 6.07 Å².